The van der Waals surface area contributed by atoms with E-state index < -0.39 is 5.91 Å². The second-order valence-electron chi connectivity index (χ2n) is 6.82. The highest BCUT2D eigenvalue weighted by Crippen LogP contribution is 2.30. The van der Waals surface area contributed by atoms with Crippen molar-refractivity contribution in [2.45, 2.75) is 26.7 Å². The standard InChI is InChI=1S/C20H25N5O2/c1-13-16(14(2)24(3)23-13)7-9-19(26)22-17-12-15(20(21)27)6-8-18(17)25-10-4-5-11-25/h6-9,12H,4-5,10-11H2,1-3H3,(H2,21,27)(H,22,26)/b9-7+. The van der Waals surface area contributed by atoms with Gasteiger partial charge < -0.3 is 16.0 Å². The molecule has 7 nitrogen and oxygen atoms in total. The Morgan fingerprint density at radius 2 is 1.93 bits per heavy atom. The van der Waals surface area contributed by atoms with Gasteiger partial charge in [0.2, 0.25) is 11.8 Å². The summed E-state index contributed by atoms with van der Waals surface area (Å²) in [6.07, 6.45) is 5.48. The number of aryl methyl sites for hydroxylation is 2. The largest absolute Gasteiger partial charge is 0.370 e. The summed E-state index contributed by atoms with van der Waals surface area (Å²) >= 11 is 0. The zero-order valence-electron chi connectivity index (χ0n) is 16.0. The molecule has 142 valence electrons. The van der Waals surface area contributed by atoms with E-state index in [0.29, 0.717) is 11.3 Å². The number of hydrogen-bond donors (Lipinski definition) is 2. The van der Waals surface area contributed by atoms with Crippen LogP contribution in [0.4, 0.5) is 11.4 Å². The van der Waals surface area contributed by atoms with E-state index >= 15 is 0 Å². The molecule has 1 aliphatic heterocycles. The molecule has 2 heterocycles. The van der Waals surface area contributed by atoms with Crippen molar-refractivity contribution in [2.75, 3.05) is 23.3 Å². The van der Waals surface area contributed by atoms with Crippen LogP contribution < -0.4 is 16.0 Å². The van der Waals surface area contributed by atoms with E-state index in [1.54, 1.807) is 22.9 Å². The van der Waals surface area contributed by atoms with Crippen LogP contribution in [0.1, 0.15) is 40.2 Å². The van der Waals surface area contributed by atoms with E-state index in [1.807, 2.05) is 27.0 Å². The number of amides is 2. The van der Waals surface area contributed by atoms with E-state index in [2.05, 4.69) is 15.3 Å². The number of carbonyl (C=O) groups is 2. The molecule has 7 heteroatoms. The minimum Gasteiger partial charge on any atom is -0.370 e. The highest BCUT2D eigenvalue weighted by molar-refractivity contribution is 6.05. The topological polar surface area (TPSA) is 93.2 Å². The van der Waals surface area contributed by atoms with Gasteiger partial charge in [-0.25, -0.2) is 0 Å². The zero-order chi connectivity index (χ0) is 19.6. The minimum absolute atomic E-state index is 0.264. The summed E-state index contributed by atoms with van der Waals surface area (Å²) in [4.78, 5) is 26.2. The molecule has 0 bridgehead atoms. The zero-order valence-corrected chi connectivity index (χ0v) is 16.0. The van der Waals surface area contributed by atoms with Gasteiger partial charge in [0.25, 0.3) is 0 Å². The molecule has 1 aliphatic rings. The van der Waals surface area contributed by atoms with Crippen LogP contribution in [0.2, 0.25) is 0 Å². The fourth-order valence-corrected chi connectivity index (χ4v) is 3.39. The summed E-state index contributed by atoms with van der Waals surface area (Å²) in [5, 5.41) is 7.24. The summed E-state index contributed by atoms with van der Waals surface area (Å²) in [5.74, 6) is -0.782. The second kappa shape index (κ2) is 7.65. The molecule has 3 N–H and O–H groups in total. The van der Waals surface area contributed by atoms with E-state index in [9.17, 15) is 9.59 Å². The maximum absolute atomic E-state index is 12.5. The minimum atomic E-state index is -0.518. The second-order valence-corrected chi connectivity index (χ2v) is 6.82. The smallest absolute Gasteiger partial charge is 0.248 e. The van der Waals surface area contributed by atoms with Crippen molar-refractivity contribution >= 4 is 29.3 Å². The van der Waals surface area contributed by atoms with Crippen LogP contribution in [0.15, 0.2) is 24.3 Å². The SMILES string of the molecule is Cc1nn(C)c(C)c1/C=C/C(=O)Nc1cc(C(N)=O)ccc1N1CCCC1. The van der Waals surface area contributed by atoms with Gasteiger partial charge in [-0.3, -0.25) is 14.3 Å². The van der Waals surface area contributed by atoms with Crippen LogP contribution in [0.5, 0.6) is 0 Å². The van der Waals surface area contributed by atoms with Crippen LogP contribution >= 0.6 is 0 Å². The Morgan fingerprint density at radius 3 is 2.52 bits per heavy atom. The Labute approximate surface area is 158 Å². The lowest BCUT2D eigenvalue weighted by molar-refractivity contribution is -0.111. The maximum atomic E-state index is 12.5. The number of rotatable bonds is 5. The van der Waals surface area contributed by atoms with Gasteiger partial charge >= 0.3 is 0 Å². The molecular formula is C20H25N5O2. The van der Waals surface area contributed by atoms with E-state index in [0.717, 1.165) is 48.6 Å². The van der Waals surface area contributed by atoms with Crippen LogP contribution in [0.25, 0.3) is 6.08 Å². The molecule has 0 spiro atoms. The average molecular weight is 367 g/mol. The predicted molar refractivity (Wildman–Crippen MR) is 107 cm³/mol. The highest BCUT2D eigenvalue weighted by atomic mass is 16.1. The summed E-state index contributed by atoms with van der Waals surface area (Å²) in [6.45, 7) is 5.73. The Hall–Kier alpha value is -3.09. The van der Waals surface area contributed by atoms with Crippen molar-refractivity contribution in [3.8, 4) is 0 Å². The summed E-state index contributed by atoms with van der Waals surface area (Å²) in [6, 6.07) is 5.19. The highest BCUT2D eigenvalue weighted by Gasteiger charge is 2.18. The number of hydrogen-bond acceptors (Lipinski definition) is 4. The lowest BCUT2D eigenvalue weighted by Crippen LogP contribution is -2.21. The quantitative estimate of drug-likeness (QED) is 0.794. The average Bonchev–Trinajstić information content (AvgIpc) is 3.23. The third kappa shape index (κ3) is 4.02. The lowest BCUT2D eigenvalue weighted by atomic mass is 10.1. The third-order valence-corrected chi connectivity index (χ3v) is 4.95. The molecule has 0 aliphatic carbocycles. The van der Waals surface area contributed by atoms with Gasteiger partial charge in [-0.1, -0.05) is 0 Å². The lowest BCUT2D eigenvalue weighted by Gasteiger charge is -2.21. The summed E-state index contributed by atoms with van der Waals surface area (Å²) in [5.41, 5.74) is 10.1. The number of nitrogens with two attached hydrogens (primary N) is 1. The Balaban J connectivity index is 1.84. The molecule has 0 saturated carbocycles. The van der Waals surface area contributed by atoms with E-state index in [1.165, 1.54) is 6.08 Å². The van der Waals surface area contributed by atoms with Gasteiger partial charge in [-0.05, 0) is 51.0 Å². The number of nitrogens with one attached hydrogen (secondary N) is 1. The van der Waals surface area contributed by atoms with Gasteiger partial charge in [0.15, 0.2) is 0 Å². The van der Waals surface area contributed by atoms with Crippen LogP contribution in [-0.4, -0.2) is 34.7 Å². The van der Waals surface area contributed by atoms with Gasteiger partial charge in [0, 0.05) is 43.0 Å². The van der Waals surface area contributed by atoms with Crippen molar-refractivity contribution < 1.29 is 9.59 Å². The summed E-state index contributed by atoms with van der Waals surface area (Å²) < 4.78 is 1.79. The first-order chi connectivity index (χ1) is 12.9. The molecule has 0 radical (unpaired) electrons. The van der Waals surface area contributed by atoms with Crippen molar-refractivity contribution in [1.82, 2.24) is 9.78 Å². The first-order valence-corrected chi connectivity index (χ1v) is 9.05. The number of benzene rings is 1. The monoisotopic (exact) mass is 367 g/mol. The van der Waals surface area contributed by atoms with Gasteiger partial charge in [-0.15, -0.1) is 0 Å². The Morgan fingerprint density at radius 1 is 1.22 bits per heavy atom. The Kier molecular flexibility index (Phi) is 5.30. The van der Waals surface area contributed by atoms with E-state index in [-0.39, 0.29) is 5.91 Å². The predicted octanol–water partition coefficient (Wildman–Crippen LogP) is 2.39. The van der Waals surface area contributed by atoms with Gasteiger partial charge in [-0.2, -0.15) is 5.10 Å². The fraction of sp³-hybridized carbons (Fsp3) is 0.350. The molecule has 0 unspecified atom stereocenters. The van der Waals surface area contributed by atoms with Crippen LogP contribution in [0, 0.1) is 13.8 Å². The molecule has 3 rings (SSSR count). The van der Waals surface area contributed by atoms with Crippen LogP contribution in [0.3, 0.4) is 0 Å². The molecule has 1 aromatic heterocycles. The van der Waals surface area contributed by atoms with Gasteiger partial charge in [0.05, 0.1) is 17.1 Å². The number of carbonyl (C=O) groups excluding carboxylic acids is 2. The number of aromatic nitrogens is 2. The molecule has 0 atom stereocenters. The molecule has 27 heavy (non-hydrogen) atoms. The molecular weight excluding hydrogens is 342 g/mol. The molecule has 2 aromatic rings. The third-order valence-electron chi connectivity index (χ3n) is 4.95. The van der Waals surface area contributed by atoms with Crippen molar-refractivity contribution in [2.24, 2.45) is 12.8 Å². The van der Waals surface area contributed by atoms with Gasteiger partial charge in [0.1, 0.15) is 0 Å². The first-order valence-electron chi connectivity index (χ1n) is 9.05. The Bertz CT molecular complexity index is 907. The molecule has 1 saturated heterocycles. The van der Waals surface area contributed by atoms with E-state index in [4.69, 9.17) is 5.73 Å². The molecule has 2 amide bonds. The summed E-state index contributed by atoms with van der Waals surface area (Å²) in [7, 11) is 1.87. The number of primary amides is 1. The fourth-order valence-electron chi connectivity index (χ4n) is 3.39. The van der Waals surface area contributed by atoms with Crippen LogP contribution in [-0.2, 0) is 11.8 Å². The van der Waals surface area contributed by atoms with Crippen molar-refractivity contribution in [3.63, 3.8) is 0 Å². The molecule has 1 aromatic carbocycles. The maximum Gasteiger partial charge on any atom is 0.248 e. The van der Waals surface area contributed by atoms with Crippen molar-refractivity contribution in [3.05, 3.63) is 46.8 Å². The number of nitrogens with zero attached hydrogens (tertiary/aromatic N) is 3. The normalized spacial score (nSPS) is 14.1. The number of anilines is 2. The molecule has 1 fully saturated rings. The van der Waals surface area contributed by atoms with Crippen molar-refractivity contribution in [1.29, 1.82) is 0 Å². The first kappa shape index (κ1) is 18.7.